The van der Waals surface area contributed by atoms with Crippen LogP contribution in [0.3, 0.4) is 0 Å². The van der Waals surface area contributed by atoms with Crippen LogP contribution < -0.4 is 0 Å². The summed E-state index contributed by atoms with van der Waals surface area (Å²) in [6.45, 7) is 1.80. The van der Waals surface area contributed by atoms with Gasteiger partial charge in [0.05, 0.1) is 26.2 Å². The summed E-state index contributed by atoms with van der Waals surface area (Å²) in [7, 11) is 0. The highest BCUT2D eigenvalue weighted by atomic mass is 16.3. The minimum absolute atomic E-state index is 0.143. The zero-order valence-electron chi connectivity index (χ0n) is 22.5. The Bertz CT molecular complexity index is 1460. The van der Waals surface area contributed by atoms with Crippen LogP contribution in [0.4, 0.5) is 0 Å². The van der Waals surface area contributed by atoms with Gasteiger partial charge in [0.1, 0.15) is 23.0 Å². The number of hydrogen-bond donors (Lipinski definition) is 4. The number of phenolic OH excluding ortho intramolecular Hbond substituents is 4. The van der Waals surface area contributed by atoms with Crippen molar-refractivity contribution in [3.8, 4) is 23.0 Å². The number of nitrogens with zero attached hydrogens (tertiary/aromatic N) is 4. The van der Waals surface area contributed by atoms with Crippen molar-refractivity contribution in [2.24, 2.45) is 20.0 Å². The number of aromatic hydroxyl groups is 4. The van der Waals surface area contributed by atoms with Gasteiger partial charge in [0.25, 0.3) is 0 Å². The van der Waals surface area contributed by atoms with Crippen LogP contribution >= 0.6 is 0 Å². The number of para-hydroxylation sites is 2. The first-order valence-electron chi connectivity index (χ1n) is 13.2. The van der Waals surface area contributed by atoms with Crippen LogP contribution in [0.5, 0.6) is 23.0 Å². The average molecular weight is 549 g/mol. The Morgan fingerprint density at radius 2 is 0.805 bits per heavy atom. The molecule has 41 heavy (non-hydrogen) atoms. The molecule has 4 aromatic rings. The van der Waals surface area contributed by atoms with Crippen LogP contribution in [0.15, 0.2) is 105 Å². The van der Waals surface area contributed by atoms with Crippen molar-refractivity contribution < 1.29 is 20.4 Å². The second-order valence-electron chi connectivity index (χ2n) is 9.20. The maximum Gasteiger partial charge on any atom is 0.124 e. The SMILES string of the molecule is Oc1ccc(Cc2ccc(O)cc2C=NCCN=Cc2ccccc2O)c(C=NCCN=Cc2ccccc2O)c1. The van der Waals surface area contributed by atoms with Gasteiger partial charge in [0.15, 0.2) is 0 Å². The zero-order chi connectivity index (χ0) is 28.9. The Labute approximate surface area is 239 Å². The lowest BCUT2D eigenvalue weighted by Gasteiger charge is -2.10. The highest BCUT2D eigenvalue weighted by Crippen LogP contribution is 2.23. The van der Waals surface area contributed by atoms with Crippen LogP contribution in [-0.2, 0) is 6.42 Å². The summed E-state index contributed by atoms with van der Waals surface area (Å²) in [5.74, 6) is 0.648. The maximum atomic E-state index is 10.1. The molecule has 4 rings (SSSR count). The van der Waals surface area contributed by atoms with Crippen LogP contribution in [0, 0.1) is 0 Å². The molecule has 208 valence electrons. The zero-order valence-corrected chi connectivity index (χ0v) is 22.5. The van der Waals surface area contributed by atoms with E-state index in [-0.39, 0.29) is 23.0 Å². The molecule has 0 amide bonds. The van der Waals surface area contributed by atoms with Gasteiger partial charge in [0.2, 0.25) is 0 Å². The van der Waals surface area contributed by atoms with Gasteiger partial charge in [-0.25, -0.2) is 0 Å². The summed E-state index contributed by atoms with van der Waals surface area (Å²) in [5.41, 5.74) is 4.78. The second-order valence-corrected chi connectivity index (χ2v) is 9.20. The van der Waals surface area contributed by atoms with Crippen molar-refractivity contribution in [3.63, 3.8) is 0 Å². The van der Waals surface area contributed by atoms with E-state index >= 15 is 0 Å². The van der Waals surface area contributed by atoms with Gasteiger partial charge in [-0.05, 0) is 77.2 Å². The van der Waals surface area contributed by atoms with Crippen molar-refractivity contribution >= 4 is 24.9 Å². The first-order chi connectivity index (χ1) is 20.0. The van der Waals surface area contributed by atoms with E-state index in [1.165, 1.54) is 0 Å². The molecule has 0 fully saturated rings. The Kier molecular flexibility index (Phi) is 10.4. The van der Waals surface area contributed by atoms with Crippen molar-refractivity contribution in [3.05, 3.63) is 118 Å². The Hall–Kier alpha value is -5.24. The molecule has 0 aromatic heterocycles. The Balaban J connectivity index is 1.38. The third kappa shape index (κ3) is 8.90. The summed E-state index contributed by atoms with van der Waals surface area (Å²) in [5, 5.41) is 39.8. The van der Waals surface area contributed by atoms with Crippen molar-refractivity contribution in [1.82, 2.24) is 0 Å². The molecule has 8 nitrogen and oxygen atoms in total. The molecule has 0 atom stereocenters. The molecule has 8 heteroatoms. The molecular weight excluding hydrogens is 516 g/mol. The van der Waals surface area contributed by atoms with E-state index in [1.54, 1.807) is 85.5 Å². The van der Waals surface area contributed by atoms with E-state index in [0.29, 0.717) is 43.7 Å². The fourth-order valence-corrected chi connectivity index (χ4v) is 4.01. The van der Waals surface area contributed by atoms with Crippen LogP contribution in [0.1, 0.15) is 33.4 Å². The number of phenols is 4. The molecule has 0 radical (unpaired) electrons. The lowest BCUT2D eigenvalue weighted by Crippen LogP contribution is -2.00. The Morgan fingerprint density at radius 1 is 0.439 bits per heavy atom. The molecule has 4 N–H and O–H groups in total. The highest BCUT2D eigenvalue weighted by Gasteiger charge is 2.08. The normalized spacial score (nSPS) is 11.9. The fourth-order valence-electron chi connectivity index (χ4n) is 4.01. The third-order valence-corrected chi connectivity index (χ3v) is 6.15. The predicted molar refractivity (Wildman–Crippen MR) is 165 cm³/mol. The van der Waals surface area contributed by atoms with Crippen molar-refractivity contribution in [2.45, 2.75) is 6.42 Å². The van der Waals surface area contributed by atoms with E-state index in [1.807, 2.05) is 24.3 Å². The smallest absolute Gasteiger partial charge is 0.124 e. The molecule has 0 saturated heterocycles. The second kappa shape index (κ2) is 14.8. The van der Waals surface area contributed by atoms with Gasteiger partial charge in [-0.1, -0.05) is 36.4 Å². The molecule has 0 unspecified atom stereocenters. The summed E-state index contributed by atoms with van der Waals surface area (Å²) in [6.07, 6.45) is 7.24. The molecule has 0 spiro atoms. The monoisotopic (exact) mass is 548 g/mol. The van der Waals surface area contributed by atoms with Gasteiger partial charge in [0, 0.05) is 36.0 Å². The minimum Gasteiger partial charge on any atom is -0.508 e. The lowest BCUT2D eigenvalue weighted by molar-refractivity contribution is 0.474. The van der Waals surface area contributed by atoms with Gasteiger partial charge < -0.3 is 20.4 Å². The van der Waals surface area contributed by atoms with E-state index < -0.39 is 0 Å². The summed E-state index contributed by atoms with van der Waals surface area (Å²) >= 11 is 0. The molecule has 0 bridgehead atoms. The largest absolute Gasteiger partial charge is 0.508 e. The van der Waals surface area contributed by atoms with Crippen LogP contribution in [0.25, 0.3) is 0 Å². The molecule has 0 aliphatic heterocycles. The van der Waals surface area contributed by atoms with E-state index in [2.05, 4.69) is 20.0 Å². The highest BCUT2D eigenvalue weighted by molar-refractivity contribution is 5.85. The number of rotatable bonds is 12. The fraction of sp³-hybridized carbons (Fsp3) is 0.152. The molecule has 0 heterocycles. The average Bonchev–Trinajstić information content (AvgIpc) is 2.96. The standard InChI is InChI=1S/C33H32N4O4/c38-30-11-9-24(28(18-30)22-36-15-13-34-20-26-5-1-3-7-32(26)40)17-25-10-12-31(39)19-29(25)23-37-16-14-35-21-27-6-2-4-8-33(27)41/h1-12,18-23,38-41H,13-17H2. The molecular formula is C33H32N4O4. The van der Waals surface area contributed by atoms with Gasteiger partial charge in [-0.15, -0.1) is 0 Å². The van der Waals surface area contributed by atoms with E-state index in [4.69, 9.17) is 0 Å². The summed E-state index contributed by atoms with van der Waals surface area (Å²) < 4.78 is 0. The molecule has 0 aliphatic carbocycles. The first kappa shape index (κ1) is 28.8. The van der Waals surface area contributed by atoms with Gasteiger partial charge in [-0.3, -0.25) is 20.0 Å². The topological polar surface area (TPSA) is 130 Å². The van der Waals surface area contributed by atoms with Gasteiger partial charge >= 0.3 is 0 Å². The van der Waals surface area contributed by atoms with Crippen LogP contribution in [0.2, 0.25) is 0 Å². The first-order valence-corrected chi connectivity index (χ1v) is 13.2. The van der Waals surface area contributed by atoms with E-state index in [9.17, 15) is 20.4 Å². The van der Waals surface area contributed by atoms with Crippen molar-refractivity contribution in [1.29, 1.82) is 0 Å². The minimum atomic E-state index is 0.143. The molecule has 0 aliphatic rings. The third-order valence-electron chi connectivity index (χ3n) is 6.15. The maximum absolute atomic E-state index is 10.1. The summed E-state index contributed by atoms with van der Waals surface area (Å²) in [4.78, 5) is 17.6. The molecule has 4 aromatic carbocycles. The quantitative estimate of drug-likeness (QED) is 0.144. The number of aliphatic imine (C=N–C) groups is 4. The van der Waals surface area contributed by atoms with Gasteiger partial charge in [-0.2, -0.15) is 0 Å². The number of benzene rings is 4. The van der Waals surface area contributed by atoms with Crippen molar-refractivity contribution in [2.75, 3.05) is 26.2 Å². The van der Waals surface area contributed by atoms with Crippen LogP contribution in [-0.4, -0.2) is 71.5 Å². The lowest BCUT2D eigenvalue weighted by atomic mass is 9.96. The predicted octanol–water partition coefficient (Wildman–Crippen LogP) is 5.18. The summed E-state index contributed by atoms with van der Waals surface area (Å²) in [6, 6.07) is 24.3. The number of hydrogen-bond acceptors (Lipinski definition) is 8. The molecule has 0 saturated carbocycles. The van der Waals surface area contributed by atoms with E-state index in [0.717, 1.165) is 22.3 Å². The Morgan fingerprint density at radius 3 is 1.20 bits per heavy atom.